The number of rotatable bonds is 5. The summed E-state index contributed by atoms with van der Waals surface area (Å²) in [4.78, 5) is 51.4. The lowest BCUT2D eigenvalue weighted by Crippen LogP contribution is -2.40. The van der Waals surface area contributed by atoms with Gasteiger partial charge in [0.25, 0.3) is 23.5 Å². The van der Waals surface area contributed by atoms with Crippen LogP contribution in [0, 0.1) is 5.82 Å². The number of anilines is 2. The number of nitrogens with zero attached hydrogens (tertiary/aromatic N) is 1. The molecule has 0 saturated carbocycles. The van der Waals surface area contributed by atoms with Gasteiger partial charge in [0.15, 0.2) is 0 Å². The number of ketones is 1. The Morgan fingerprint density at radius 3 is 2.09 bits per heavy atom. The normalized spacial score (nSPS) is 13.0. The van der Waals surface area contributed by atoms with Gasteiger partial charge < -0.3 is 15.5 Å². The van der Waals surface area contributed by atoms with Gasteiger partial charge in [0, 0.05) is 22.4 Å². The van der Waals surface area contributed by atoms with Gasteiger partial charge in [-0.25, -0.2) is 4.39 Å². The predicted molar refractivity (Wildman–Crippen MR) is 130 cm³/mol. The Morgan fingerprint density at radius 1 is 0.857 bits per heavy atom. The third kappa shape index (κ3) is 5.27. The van der Waals surface area contributed by atoms with E-state index in [0.29, 0.717) is 16.9 Å². The molecule has 0 spiro atoms. The summed E-state index contributed by atoms with van der Waals surface area (Å²) >= 11 is 0. The molecule has 0 radical (unpaired) electrons. The van der Waals surface area contributed by atoms with Gasteiger partial charge in [-0.2, -0.15) is 0 Å². The molecule has 7 nitrogen and oxygen atoms in total. The second-order valence-corrected chi connectivity index (χ2v) is 9.31. The zero-order chi connectivity index (χ0) is 25.3. The van der Waals surface area contributed by atoms with E-state index in [0.717, 1.165) is 5.56 Å². The molecule has 0 aliphatic carbocycles. The number of amides is 3. The molecule has 0 fully saturated rings. The average molecular weight is 474 g/mol. The monoisotopic (exact) mass is 473 g/mol. The highest BCUT2D eigenvalue weighted by Crippen LogP contribution is 2.32. The number of carbonyl (C=O) groups is 4. The minimum Gasteiger partial charge on any atom is -0.347 e. The molecule has 8 heteroatoms. The first-order chi connectivity index (χ1) is 16.5. The summed E-state index contributed by atoms with van der Waals surface area (Å²) in [7, 11) is 0. The summed E-state index contributed by atoms with van der Waals surface area (Å²) in [6.07, 6.45) is 0. The molecule has 1 heterocycles. The molecular weight excluding hydrogens is 449 g/mol. The van der Waals surface area contributed by atoms with E-state index in [1.165, 1.54) is 35.2 Å². The van der Waals surface area contributed by atoms with Crippen LogP contribution in [0.4, 0.5) is 15.8 Å². The van der Waals surface area contributed by atoms with Crippen molar-refractivity contribution < 1.29 is 23.6 Å². The molecule has 4 rings (SSSR count). The van der Waals surface area contributed by atoms with Gasteiger partial charge >= 0.3 is 0 Å². The van der Waals surface area contributed by atoms with Gasteiger partial charge in [-0.05, 0) is 80.9 Å². The van der Waals surface area contributed by atoms with Crippen LogP contribution in [0.5, 0.6) is 0 Å². The zero-order valence-corrected chi connectivity index (χ0v) is 19.5. The summed E-state index contributed by atoms with van der Waals surface area (Å²) in [5.41, 5.74) is 2.11. The molecule has 0 unspecified atom stereocenters. The van der Waals surface area contributed by atoms with Gasteiger partial charge in [-0.1, -0.05) is 12.1 Å². The Kier molecular flexibility index (Phi) is 6.22. The highest BCUT2D eigenvalue weighted by Gasteiger charge is 2.36. The van der Waals surface area contributed by atoms with E-state index in [2.05, 4.69) is 10.6 Å². The molecule has 3 aromatic rings. The number of hydrogen-bond acceptors (Lipinski definition) is 4. The van der Waals surface area contributed by atoms with Gasteiger partial charge in [-0.3, -0.25) is 19.2 Å². The third-order valence-electron chi connectivity index (χ3n) is 5.38. The van der Waals surface area contributed by atoms with Crippen LogP contribution in [0.15, 0.2) is 66.7 Å². The summed E-state index contributed by atoms with van der Waals surface area (Å²) < 4.78 is 13.1. The van der Waals surface area contributed by atoms with Crippen molar-refractivity contribution in [1.82, 2.24) is 5.32 Å². The lowest BCUT2D eigenvalue weighted by Gasteiger charge is -2.21. The second kappa shape index (κ2) is 9.13. The minimum absolute atomic E-state index is 0.153. The Bertz CT molecular complexity index is 1330. The SMILES string of the molecule is CC(C)(C)NC(=O)c1ccc(CN2C(=O)C(=O)c3cc(NC(=O)c4ccc(F)cc4)ccc32)cc1. The van der Waals surface area contributed by atoms with Gasteiger partial charge in [0.2, 0.25) is 0 Å². The van der Waals surface area contributed by atoms with Crippen molar-refractivity contribution in [2.24, 2.45) is 0 Å². The fourth-order valence-electron chi connectivity index (χ4n) is 3.70. The van der Waals surface area contributed by atoms with Crippen molar-refractivity contribution in [3.63, 3.8) is 0 Å². The molecule has 3 amide bonds. The van der Waals surface area contributed by atoms with Crippen molar-refractivity contribution in [2.75, 3.05) is 10.2 Å². The Morgan fingerprint density at radius 2 is 1.46 bits per heavy atom. The van der Waals surface area contributed by atoms with Crippen LogP contribution in [0.3, 0.4) is 0 Å². The summed E-state index contributed by atoms with van der Waals surface area (Å²) in [6, 6.07) is 16.6. The van der Waals surface area contributed by atoms with Crippen LogP contribution in [0.25, 0.3) is 0 Å². The zero-order valence-electron chi connectivity index (χ0n) is 19.5. The maximum atomic E-state index is 13.1. The fourth-order valence-corrected chi connectivity index (χ4v) is 3.70. The van der Waals surface area contributed by atoms with Crippen molar-refractivity contribution >= 4 is 34.9 Å². The number of nitrogens with one attached hydrogen (secondary N) is 2. The lowest BCUT2D eigenvalue weighted by molar-refractivity contribution is -0.114. The van der Waals surface area contributed by atoms with Crippen LogP contribution >= 0.6 is 0 Å². The third-order valence-corrected chi connectivity index (χ3v) is 5.38. The first kappa shape index (κ1) is 23.8. The maximum absolute atomic E-state index is 13.1. The van der Waals surface area contributed by atoms with E-state index in [4.69, 9.17) is 0 Å². The lowest BCUT2D eigenvalue weighted by atomic mass is 10.1. The molecular formula is C27H24FN3O4. The summed E-state index contributed by atoms with van der Waals surface area (Å²) in [5.74, 6) is -2.45. The fraction of sp³-hybridized carbons (Fsp3) is 0.185. The Labute approximate surface area is 201 Å². The van der Waals surface area contributed by atoms with Crippen LogP contribution in [-0.2, 0) is 11.3 Å². The van der Waals surface area contributed by atoms with Crippen LogP contribution in [0.1, 0.15) is 57.4 Å². The maximum Gasteiger partial charge on any atom is 0.299 e. The van der Waals surface area contributed by atoms with E-state index in [1.54, 1.807) is 36.4 Å². The Balaban J connectivity index is 1.49. The molecule has 178 valence electrons. The van der Waals surface area contributed by atoms with Gasteiger partial charge in [-0.15, -0.1) is 0 Å². The summed E-state index contributed by atoms with van der Waals surface area (Å²) in [6.45, 7) is 5.84. The van der Waals surface area contributed by atoms with E-state index < -0.39 is 23.4 Å². The molecule has 3 aromatic carbocycles. The largest absolute Gasteiger partial charge is 0.347 e. The number of Topliss-reactive ketones (excluding diaryl/α,β-unsaturated/α-hetero) is 1. The highest BCUT2D eigenvalue weighted by atomic mass is 19.1. The number of fused-ring (bicyclic) bond motifs is 1. The predicted octanol–water partition coefficient (Wildman–Crippen LogP) is 4.34. The average Bonchev–Trinajstić information content (AvgIpc) is 3.03. The molecule has 1 aliphatic heterocycles. The van der Waals surface area contributed by atoms with Crippen LogP contribution < -0.4 is 15.5 Å². The second-order valence-electron chi connectivity index (χ2n) is 9.31. The van der Waals surface area contributed by atoms with Gasteiger partial charge in [0.1, 0.15) is 5.82 Å². The standard InChI is InChI=1S/C27H24FN3O4/c1-27(2,3)30-25(34)18-6-4-16(5-7-18)15-31-22-13-12-20(14-21(22)23(32)26(31)35)29-24(33)17-8-10-19(28)11-9-17/h4-14H,15H2,1-3H3,(H,29,33)(H,30,34). The number of halogens is 1. The van der Waals surface area contributed by atoms with E-state index >= 15 is 0 Å². The van der Waals surface area contributed by atoms with Gasteiger partial charge in [0.05, 0.1) is 17.8 Å². The smallest absolute Gasteiger partial charge is 0.299 e. The number of benzene rings is 3. The first-order valence-electron chi connectivity index (χ1n) is 11.0. The van der Waals surface area contributed by atoms with Crippen molar-refractivity contribution in [2.45, 2.75) is 32.9 Å². The topological polar surface area (TPSA) is 95.6 Å². The quantitative estimate of drug-likeness (QED) is 0.539. The van der Waals surface area contributed by atoms with E-state index in [-0.39, 0.29) is 29.1 Å². The van der Waals surface area contributed by atoms with E-state index in [9.17, 15) is 23.6 Å². The molecule has 0 bridgehead atoms. The van der Waals surface area contributed by atoms with Crippen molar-refractivity contribution in [3.05, 3.63) is 94.8 Å². The summed E-state index contributed by atoms with van der Waals surface area (Å²) in [5, 5.41) is 5.55. The molecule has 0 atom stereocenters. The van der Waals surface area contributed by atoms with E-state index in [1.807, 2.05) is 20.8 Å². The first-order valence-corrected chi connectivity index (χ1v) is 11.0. The van der Waals surface area contributed by atoms with Crippen molar-refractivity contribution in [1.29, 1.82) is 0 Å². The molecule has 35 heavy (non-hydrogen) atoms. The Hall–Kier alpha value is -4.33. The van der Waals surface area contributed by atoms with Crippen LogP contribution in [-0.4, -0.2) is 29.0 Å². The highest BCUT2D eigenvalue weighted by molar-refractivity contribution is 6.52. The van der Waals surface area contributed by atoms with Crippen molar-refractivity contribution in [3.8, 4) is 0 Å². The van der Waals surface area contributed by atoms with Crippen LogP contribution in [0.2, 0.25) is 0 Å². The minimum atomic E-state index is -0.670. The molecule has 0 aromatic heterocycles. The molecule has 2 N–H and O–H groups in total. The number of carbonyl (C=O) groups excluding carboxylic acids is 4. The molecule has 1 aliphatic rings. The molecule has 0 saturated heterocycles. The number of hydrogen-bond donors (Lipinski definition) is 2.